The molecule has 1 atom stereocenters. The van der Waals surface area contributed by atoms with Gasteiger partial charge in [0.25, 0.3) is 0 Å². The zero-order valence-electron chi connectivity index (χ0n) is 11.5. The first-order chi connectivity index (χ1) is 9.25. The van der Waals surface area contributed by atoms with Crippen molar-refractivity contribution in [2.45, 2.75) is 31.7 Å². The quantitative estimate of drug-likeness (QED) is 0.801. The molecule has 0 saturated carbocycles. The number of halogens is 1. The lowest BCUT2D eigenvalue weighted by atomic mass is 9.80. The Kier molecular flexibility index (Phi) is 4.95. The Labute approximate surface area is 125 Å². The number of Topliss-reactive ketones (excluding diaryl/α,β-unsaturated/α-hetero) is 2. The molecule has 3 heterocycles. The standard InChI is InChI=1S/C16H19NO2.ClH/c18-15(12-4-2-1-3-5-12)7-6-14-16(19)13-8-10-17(14)11-9-13;/h1-5,13-14H,6-11H2;1H. The summed E-state index contributed by atoms with van der Waals surface area (Å²) in [7, 11) is 0. The van der Waals surface area contributed by atoms with Gasteiger partial charge in [0.2, 0.25) is 0 Å². The van der Waals surface area contributed by atoms with Crippen LogP contribution in [0.5, 0.6) is 0 Å². The smallest absolute Gasteiger partial charge is 0.162 e. The van der Waals surface area contributed by atoms with E-state index in [0.29, 0.717) is 18.6 Å². The highest BCUT2D eigenvalue weighted by atomic mass is 35.5. The minimum atomic E-state index is 0. The molecular formula is C16H20ClNO2. The second kappa shape index (κ2) is 6.51. The number of fused-ring (bicyclic) bond motifs is 3. The zero-order chi connectivity index (χ0) is 13.2. The van der Waals surface area contributed by atoms with Crippen LogP contribution in [0.3, 0.4) is 0 Å². The van der Waals surface area contributed by atoms with Crippen molar-refractivity contribution in [1.29, 1.82) is 0 Å². The van der Waals surface area contributed by atoms with Gasteiger partial charge in [0, 0.05) is 17.9 Å². The molecule has 0 spiro atoms. The number of benzene rings is 1. The maximum absolute atomic E-state index is 12.2. The van der Waals surface area contributed by atoms with Crippen molar-refractivity contribution in [3.05, 3.63) is 35.9 Å². The van der Waals surface area contributed by atoms with Crippen molar-refractivity contribution >= 4 is 24.0 Å². The van der Waals surface area contributed by atoms with E-state index in [-0.39, 0.29) is 30.2 Å². The molecule has 0 N–H and O–H groups in total. The first kappa shape index (κ1) is 15.2. The highest BCUT2D eigenvalue weighted by Crippen LogP contribution is 2.31. The maximum Gasteiger partial charge on any atom is 0.162 e. The Morgan fingerprint density at radius 2 is 1.80 bits per heavy atom. The monoisotopic (exact) mass is 293 g/mol. The molecule has 1 unspecified atom stereocenters. The number of carbonyl (C=O) groups is 2. The summed E-state index contributed by atoms with van der Waals surface area (Å²) in [5, 5.41) is 0. The fourth-order valence-corrected chi connectivity index (χ4v) is 3.31. The Morgan fingerprint density at radius 1 is 1.15 bits per heavy atom. The van der Waals surface area contributed by atoms with E-state index >= 15 is 0 Å². The van der Waals surface area contributed by atoms with E-state index in [1.165, 1.54) is 0 Å². The number of hydrogen-bond donors (Lipinski definition) is 0. The molecule has 1 aromatic carbocycles. The summed E-state index contributed by atoms with van der Waals surface area (Å²) < 4.78 is 0. The van der Waals surface area contributed by atoms with Crippen molar-refractivity contribution in [3.8, 4) is 0 Å². The van der Waals surface area contributed by atoms with Gasteiger partial charge < -0.3 is 0 Å². The lowest BCUT2D eigenvalue weighted by Crippen LogP contribution is -2.55. The lowest BCUT2D eigenvalue weighted by Gasteiger charge is -2.44. The molecule has 20 heavy (non-hydrogen) atoms. The van der Waals surface area contributed by atoms with Crippen LogP contribution in [0.25, 0.3) is 0 Å². The minimum Gasteiger partial charge on any atom is -0.298 e. The van der Waals surface area contributed by atoms with Crippen molar-refractivity contribution in [2.75, 3.05) is 13.1 Å². The SMILES string of the molecule is Cl.O=C(CCC1C(=O)C2CCN1CC2)c1ccccc1. The van der Waals surface area contributed by atoms with Gasteiger partial charge in [0.05, 0.1) is 6.04 Å². The van der Waals surface area contributed by atoms with E-state index in [1.54, 1.807) is 0 Å². The molecule has 3 nitrogen and oxygen atoms in total. The van der Waals surface area contributed by atoms with Gasteiger partial charge in [-0.15, -0.1) is 12.4 Å². The fourth-order valence-electron chi connectivity index (χ4n) is 3.31. The van der Waals surface area contributed by atoms with Gasteiger partial charge >= 0.3 is 0 Å². The average molecular weight is 294 g/mol. The predicted octanol–water partition coefficient (Wildman–Crippen LogP) is 2.73. The van der Waals surface area contributed by atoms with Crippen LogP contribution in [0.1, 0.15) is 36.0 Å². The van der Waals surface area contributed by atoms with E-state index in [9.17, 15) is 9.59 Å². The van der Waals surface area contributed by atoms with Crippen LogP contribution >= 0.6 is 12.4 Å². The molecule has 0 amide bonds. The minimum absolute atomic E-state index is 0. The summed E-state index contributed by atoms with van der Waals surface area (Å²) in [6.07, 6.45) is 3.19. The Hall–Kier alpha value is -1.19. The summed E-state index contributed by atoms with van der Waals surface area (Å²) in [5.41, 5.74) is 0.755. The first-order valence-corrected chi connectivity index (χ1v) is 7.12. The number of ketones is 2. The molecular weight excluding hydrogens is 274 g/mol. The number of piperidine rings is 3. The summed E-state index contributed by atoms with van der Waals surface area (Å²) >= 11 is 0. The number of hydrogen-bond acceptors (Lipinski definition) is 3. The first-order valence-electron chi connectivity index (χ1n) is 7.12. The van der Waals surface area contributed by atoms with E-state index < -0.39 is 0 Å². The van der Waals surface area contributed by atoms with Crippen molar-refractivity contribution in [2.24, 2.45) is 5.92 Å². The summed E-state index contributed by atoms with van der Waals surface area (Å²) in [6.45, 7) is 2.06. The molecule has 3 fully saturated rings. The number of rotatable bonds is 4. The van der Waals surface area contributed by atoms with Crippen LogP contribution in [0.4, 0.5) is 0 Å². The van der Waals surface area contributed by atoms with Gasteiger partial charge in [-0.3, -0.25) is 14.5 Å². The normalized spacial score (nSPS) is 28.0. The highest BCUT2D eigenvalue weighted by Gasteiger charge is 2.40. The van der Waals surface area contributed by atoms with Crippen molar-refractivity contribution in [3.63, 3.8) is 0 Å². The third kappa shape index (κ3) is 2.94. The molecule has 3 aliphatic heterocycles. The predicted molar refractivity (Wildman–Crippen MR) is 80.3 cm³/mol. The van der Waals surface area contributed by atoms with Gasteiger partial charge in [-0.25, -0.2) is 0 Å². The van der Waals surface area contributed by atoms with E-state index in [0.717, 1.165) is 31.5 Å². The van der Waals surface area contributed by atoms with E-state index in [4.69, 9.17) is 0 Å². The molecule has 2 bridgehead atoms. The van der Waals surface area contributed by atoms with Gasteiger partial charge in [0.15, 0.2) is 11.6 Å². The largest absolute Gasteiger partial charge is 0.298 e. The molecule has 4 rings (SSSR count). The van der Waals surface area contributed by atoms with Gasteiger partial charge in [0.1, 0.15) is 0 Å². The second-order valence-electron chi connectivity index (χ2n) is 5.56. The van der Waals surface area contributed by atoms with Crippen LogP contribution in [-0.4, -0.2) is 35.6 Å². The van der Waals surface area contributed by atoms with Gasteiger partial charge in [-0.1, -0.05) is 30.3 Å². The van der Waals surface area contributed by atoms with E-state index in [2.05, 4.69) is 4.90 Å². The summed E-state index contributed by atoms with van der Waals surface area (Å²) in [5.74, 6) is 0.788. The average Bonchev–Trinajstić information content (AvgIpc) is 2.48. The molecule has 4 heteroatoms. The Bertz CT molecular complexity index is 481. The second-order valence-corrected chi connectivity index (χ2v) is 5.56. The lowest BCUT2D eigenvalue weighted by molar-refractivity contribution is -0.137. The van der Waals surface area contributed by atoms with Crippen LogP contribution in [0.15, 0.2) is 30.3 Å². The Morgan fingerprint density at radius 3 is 2.40 bits per heavy atom. The maximum atomic E-state index is 12.2. The molecule has 0 aliphatic carbocycles. The summed E-state index contributed by atoms with van der Waals surface area (Å²) in [6, 6.07) is 9.36. The topological polar surface area (TPSA) is 37.4 Å². The molecule has 108 valence electrons. The molecule has 3 aliphatic rings. The molecule has 3 saturated heterocycles. The van der Waals surface area contributed by atoms with Crippen LogP contribution in [0.2, 0.25) is 0 Å². The molecule has 0 radical (unpaired) electrons. The van der Waals surface area contributed by atoms with Crippen molar-refractivity contribution < 1.29 is 9.59 Å². The summed E-state index contributed by atoms with van der Waals surface area (Å²) in [4.78, 5) is 26.5. The molecule has 0 aromatic heterocycles. The van der Waals surface area contributed by atoms with Gasteiger partial charge in [-0.2, -0.15) is 0 Å². The zero-order valence-corrected chi connectivity index (χ0v) is 12.3. The Balaban J connectivity index is 0.00000147. The fraction of sp³-hybridized carbons (Fsp3) is 0.500. The third-order valence-electron chi connectivity index (χ3n) is 4.44. The van der Waals surface area contributed by atoms with E-state index in [1.807, 2.05) is 30.3 Å². The number of carbonyl (C=O) groups excluding carboxylic acids is 2. The highest BCUT2D eigenvalue weighted by molar-refractivity contribution is 5.96. The van der Waals surface area contributed by atoms with Crippen molar-refractivity contribution in [1.82, 2.24) is 4.90 Å². The van der Waals surface area contributed by atoms with Crippen LogP contribution < -0.4 is 0 Å². The third-order valence-corrected chi connectivity index (χ3v) is 4.44. The van der Waals surface area contributed by atoms with Gasteiger partial charge in [-0.05, 0) is 32.4 Å². The molecule has 1 aromatic rings. The van der Waals surface area contributed by atoms with Crippen LogP contribution in [0, 0.1) is 5.92 Å². The number of nitrogens with zero attached hydrogens (tertiary/aromatic N) is 1. The van der Waals surface area contributed by atoms with Crippen LogP contribution in [-0.2, 0) is 4.79 Å².